The molecule has 1 aromatic rings. The van der Waals surface area contributed by atoms with E-state index in [9.17, 15) is 0 Å². The summed E-state index contributed by atoms with van der Waals surface area (Å²) < 4.78 is 1.05. The van der Waals surface area contributed by atoms with Crippen molar-refractivity contribution in [3.63, 3.8) is 0 Å². The summed E-state index contributed by atoms with van der Waals surface area (Å²) in [4.78, 5) is 0. The van der Waals surface area contributed by atoms with E-state index in [4.69, 9.17) is 11.6 Å². The number of hydrogen-bond acceptors (Lipinski definition) is 1. The zero-order valence-corrected chi connectivity index (χ0v) is 14.8. The zero-order valence-electron chi connectivity index (χ0n) is 12.5. The van der Waals surface area contributed by atoms with Crippen molar-refractivity contribution < 1.29 is 0 Å². The lowest BCUT2D eigenvalue weighted by Crippen LogP contribution is -2.31. The van der Waals surface area contributed by atoms with Gasteiger partial charge < -0.3 is 5.32 Å². The molecule has 1 aromatic carbocycles. The van der Waals surface area contributed by atoms with Gasteiger partial charge in [-0.1, -0.05) is 60.3 Å². The Morgan fingerprint density at radius 1 is 1.30 bits per heavy atom. The maximum Gasteiger partial charge on any atom is 0.0465 e. The molecular formula is C17H25BrClN. The van der Waals surface area contributed by atoms with Crippen LogP contribution < -0.4 is 5.32 Å². The molecule has 112 valence electrons. The molecule has 2 rings (SSSR count). The molecule has 0 saturated heterocycles. The molecule has 0 aliphatic heterocycles. The van der Waals surface area contributed by atoms with Crippen molar-refractivity contribution in [1.82, 2.24) is 5.32 Å². The van der Waals surface area contributed by atoms with E-state index >= 15 is 0 Å². The number of nitrogens with one attached hydrogen (secondary N) is 1. The molecule has 20 heavy (non-hydrogen) atoms. The van der Waals surface area contributed by atoms with Gasteiger partial charge in [0, 0.05) is 15.5 Å². The number of hydrogen-bond donors (Lipinski definition) is 1. The summed E-state index contributed by atoms with van der Waals surface area (Å²) >= 11 is 9.98. The minimum absolute atomic E-state index is 0.406. The lowest BCUT2D eigenvalue weighted by molar-refractivity contribution is 0.231. The maximum absolute atomic E-state index is 6.48. The fourth-order valence-electron chi connectivity index (χ4n) is 3.20. The highest BCUT2D eigenvalue weighted by Crippen LogP contribution is 2.39. The third kappa shape index (κ3) is 4.22. The predicted octanol–water partition coefficient (Wildman–Crippen LogP) is 5.97. The van der Waals surface area contributed by atoms with Crippen LogP contribution in [-0.4, -0.2) is 6.54 Å². The molecule has 3 heteroatoms. The van der Waals surface area contributed by atoms with Gasteiger partial charge in [-0.2, -0.15) is 0 Å². The predicted molar refractivity (Wildman–Crippen MR) is 91.3 cm³/mol. The normalized spacial score (nSPS) is 24.6. The van der Waals surface area contributed by atoms with Gasteiger partial charge in [-0.05, 0) is 55.3 Å². The lowest BCUT2D eigenvalue weighted by Gasteiger charge is -2.34. The van der Waals surface area contributed by atoms with Crippen LogP contribution in [0.4, 0.5) is 0 Å². The fourth-order valence-corrected chi connectivity index (χ4v) is 3.99. The summed E-state index contributed by atoms with van der Waals surface area (Å²) in [5.41, 5.74) is 1.27. The number of halogens is 2. The summed E-state index contributed by atoms with van der Waals surface area (Å²) in [6.07, 6.45) is 6.49. The first-order valence-electron chi connectivity index (χ1n) is 7.80. The van der Waals surface area contributed by atoms with Gasteiger partial charge in [0.05, 0.1) is 0 Å². The van der Waals surface area contributed by atoms with Gasteiger partial charge >= 0.3 is 0 Å². The summed E-state index contributed by atoms with van der Waals surface area (Å²) in [6.45, 7) is 5.65. The van der Waals surface area contributed by atoms with Crippen LogP contribution in [0.3, 0.4) is 0 Å². The molecule has 0 radical (unpaired) electrons. The van der Waals surface area contributed by atoms with Crippen molar-refractivity contribution in [3.05, 3.63) is 33.3 Å². The molecule has 1 unspecified atom stereocenters. The molecule has 1 aliphatic carbocycles. The molecule has 0 spiro atoms. The molecular weight excluding hydrogens is 334 g/mol. The Balaban J connectivity index is 2.17. The molecule has 1 fully saturated rings. The average molecular weight is 359 g/mol. The molecule has 1 saturated carbocycles. The standard InChI is InChI=1S/C17H25BrClN/c1-3-10-20-17(13-6-4-12(2)5-7-13)15-9-8-14(18)11-16(15)19/h8-9,11-13,17,20H,3-7,10H2,1-2H3. The van der Waals surface area contributed by atoms with Crippen molar-refractivity contribution >= 4 is 27.5 Å². The quantitative estimate of drug-likeness (QED) is 0.683. The van der Waals surface area contributed by atoms with E-state index in [1.165, 1.54) is 31.2 Å². The first-order chi connectivity index (χ1) is 9.61. The third-order valence-corrected chi connectivity index (χ3v) is 5.26. The van der Waals surface area contributed by atoms with E-state index in [0.29, 0.717) is 6.04 Å². The third-order valence-electron chi connectivity index (χ3n) is 4.44. The topological polar surface area (TPSA) is 12.0 Å². The molecule has 1 N–H and O–H groups in total. The molecule has 1 aliphatic rings. The maximum atomic E-state index is 6.48. The highest BCUT2D eigenvalue weighted by molar-refractivity contribution is 9.10. The van der Waals surface area contributed by atoms with Gasteiger partial charge in [0.1, 0.15) is 0 Å². The minimum Gasteiger partial charge on any atom is -0.310 e. The molecule has 1 atom stereocenters. The van der Waals surface area contributed by atoms with Gasteiger partial charge in [-0.15, -0.1) is 0 Å². The molecule has 0 heterocycles. The van der Waals surface area contributed by atoms with Crippen LogP contribution in [0.5, 0.6) is 0 Å². The van der Waals surface area contributed by atoms with E-state index < -0.39 is 0 Å². The second-order valence-electron chi connectivity index (χ2n) is 6.12. The number of benzene rings is 1. The summed E-state index contributed by atoms with van der Waals surface area (Å²) in [5, 5.41) is 4.61. The molecule has 0 amide bonds. The largest absolute Gasteiger partial charge is 0.310 e. The Morgan fingerprint density at radius 2 is 2.00 bits per heavy atom. The van der Waals surface area contributed by atoms with Gasteiger partial charge in [-0.25, -0.2) is 0 Å². The average Bonchev–Trinajstić information content (AvgIpc) is 2.42. The molecule has 1 nitrogen and oxygen atoms in total. The van der Waals surface area contributed by atoms with Crippen molar-refractivity contribution in [2.75, 3.05) is 6.54 Å². The SMILES string of the molecule is CCCNC(c1ccc(Br)cc1Cl)C1CCC(C)CC1. The van der Waals surface area contributed by atoms with E-state index in [2.05, 4.69) is 47.2 Å². The van der Waals surface area contributed by atoms with Crippen LogP contribution in [-0.2, 0) is 0 Å². The highest BCUT2D eigenvalue weighted by Gasteiger charge is 2.28. The van der Waals surface area contributed by atoms with Crippen LogP contribution in [0.1, 0.15) is 57.6 Å². The smallest absolute Gasteiger partial charge is 0.0465 e. The monoisotopic (exact) mass is 357 g/mol. The second-order valence-corrected chi connectivity index (χ2v) is 7.44. The Bertz CT molecular complexity index is 427. The van der Waals surface area contributed by atoms with Crippen molar-refractivity contribution in [1.29, 1.82) is 0 Å². The summed E-state index contributed by atoms with van der Waals surface area (Å²) in [7, 11) is 0. The van der Waals surface area contributed by atoms with Gasteiger partial charge in [-0.3, -0.25) is 0 Å². The fraction of sp³-hybridized carbons (Fsp3) is 0.647. The Morgan fingerprint density at radius 3 is 2.60 bits per heavy atom. The first-order valence-corrected chi connectivity index (χ1v) is 8.97. The van der Waals surface area contributed by atoms with E-state index in [1.54, 1.807) is 0 Å². The van der Waals surface area contributed by atoms with Crippen molar-refractivity contribution in [3.8, 4) is 0 Å². The minimum atomic E-state index is 0.406. The van der Waals surface area contributed by atoms with Gasteiger partial charge in [0.15, 0.2) is 0 Å². The van der Waals surface area contributed by atoms with Crippen LogP contribution in [0, 0.1) is 11.8 Å². The first kappa shape index (κ1) is 16.3. The summed E-state index contributed by atoms with van der Waals surface area (Å²) in [5.74, 6) is 1.61. The summed E-state index contributed by atoms with van der Waals surface area (Å²) in [6, 6.07) is 6.71. The van der Waals surface area contributed by atoms with Crippen LogP contribution in [0.25, 0.3) is 0 Å². The Hall–Kier alpha value is -0.0500. The van der Waals surface area contributed by atoms with E-state index in [0.717, 1.165) is 34.3 Å². The van der Waals surface area contributed by atoms with Crippen LogP contribution in [0.2, 0.25) is 5.02 Å². The van der Waals surface area contributed by atoms with Crippen LogP contribution in [0.15, 0.2) is 22.7 Å². The lowest BCUT2D eigenvalue weighted by atomic mass is 9.77. The van der Waals surface area contributed by atoms with Gasteiger partial charge in [0.25, 0.3) is 0 Å². The highest BCUT2D eigenvalue weighted by atomic mass is 79.9. The molecule has 0 bridgehead atoms. The molecule has 0 aromatic heterocycles. The van der Waals surface area contributed by atoms with Gasteiger partial charge in [0.2, 0.25) is 0 Å². The van der Waals surface area contributed by atoms with Crippen molar-refractivity contribution in [2.24, 2.45) is 11.8 Å². The Labute approximate surface area is 136 Å². The van der Waals surface area contributed by atoms with E-state index in [-0.39, 0.29) is 0 Å². The second kappa shape index (κ2) is 7.82. The Kier molecular flexibility index (Phi) is 6.38. The number of rotatable bonds is 5. The van der Waals surface area contributed by atoms with Crippen molar-refractivity contribution in [2.45, 2.75) is 52.0 Å². The van der Waals surface area contributed by atoms with Crippen LogP contribution >= 0.6 is 27.5 Å². The van der Waals surface area contributed by atoms with E-state index in [1.807, 2.05) is 6.07 Å². The zero-order chi connectivity index (χ0) is 14.5.